The van der Waals surface area contributed by atoms with Crippen LogP contribution in [0.5, 0.6) is 0 Å². The molecule has 0 heteroatoms. The molecule has 0 aromatic carbocycles. The van der Waals surface area contributed by atoms with Crippen LogP contribution >= 0.6 is 0 Å². The molecule has 0 saturated carbocycles. The summed E-state index contributed by atoms with van der Waals surface area (Å²) in [5, 5.41) is 0. The maximum atomic E-state index is 3.76. The lowest BCUT2D eigenvalue weighted by atomic mass is 10.1. The summed E-state index contributed by atoms with van der Waals surface area (Å²) in [5.41, 5.74) is 1.45. The van der Waals surface area contributed by atoms with Gasteiger partial charge >= 0.3 is 0 Å². The van der Waals surface area contributed by atoms with Crippen molar-refractivity contribution < 1.29 is 0 Å². The number of hydrogen-bond donors (Lipinski definition) is 0. The molecule has 0 rings (SSSR count). The highest BCUT2D eigenvalue weighted by Crippen LogP contribution is 2.04. The van der Waals surface area contributed by atoms with Crippen molar-refractivity contribution in [1.29, 1.82) is 0 Å². The second-order valence-electron chi connectivity index (χ2n) is 2.45. The average molecular weight is 137 g/mol. The van der Waals surface area contributed by atoms with Gasteiger partial charge in [0.15, 0.2) is 0 Å². The standard InChI is InChI=1S/C10H17/c1-4-6-7-9-10(3)8-5-2/h4,6,8H,2,5,7,9H2,1,3H3. The molecule has 0 atom stereocenters. The maximum absolute atomic E-state index is 3.76. The van der Waals surface area contributed by atoms with Gasteiger partial charge in [-0.25, -0.2) is 0 Å². The van der Waals surface area contributed by atoms with Crippen LogP contribution in [0, 0.1) is 6.92 Å². The van der Waals surface area contributed by atoms with Crippen LogP contribution in [0.2, 0.25) is 0 Å². The Balaban J connectivity index is 3.38. The van der Waals surface area contributed by atoms with Crippen LogP contribution in [-0.4, -0.2) is 0 Å². The molecule has 0 bridgehead atoms. The van der Waals surface area contributed by atoms with Crippen molar-refractivity contribution in [3.8, 4) is 0 Å². The lowest BCUT2D eigenvalue weighted by Gasteiger charge is -1.94. The van der Waals surface area contributed by atoms with Crippen LogP contribution in [0.1, 0.15) is 33.1 Å². The molecule has 0 aromatic heterocycles. The molecular formula is C10H17. The van der Waals surface area contributed by atoms with Crippen molar-refractivity contribution in [3.63, 3.8) is 0 Å². The van der Waals surface area contributed by atoms with E-state index in [1.165, 1.54) is 18.4 Å². The quantitative estimate of drug-likeness (QED) is 0.520. The minimum absolute atomic E-state index is 0.918. The Morgan fingerprint density at radius 1 is 1.50 bits per heavy atom. The van der Waals surface area contributed by atoms with Gasteiger partial charge in [-0.3, -0.25) is 0 Å². The molecule has 0 aliphatic heterocycles. The summed E-state index contributed by atoms with van der Waals surface area (Å²) < 4.78 is 0. The molecule has 0 heterocycles. The number of rotatable bonds is 4. The zero-order valence-electron chi connectivity index (χ0n) is 7.06. The maximum Gasteiger partial charge on any atom is -0.0288 e. The third-order valence-electron chi connectivity index (χ3n) is 1.43. The van der Waals surface area contributed by atoms with Gasteiger partial charge in [0, 0.05) is 0 Å². The monoisotopic (exact) mass is 137 g/mol. The first-order chi connectivity index (χ1) is 4.81. The molecule has 0 amide bonds. The smallest absolute Gasteiger partial charge is 0.0288 e. The van der Waals surface area contributed by atoms with E-state index in [-0.39, 0.29) is 0 Å². The van der Waals surface area contributed by atoms with Crippen molar-refractivity contribution in [2.75, 3.05) is 0 Å². The molecule has 57 valence electrons. The molecule has 0 unspecified atom stereocenters. The van der Waals surface area contributed by atoms with E-state index in [1.807, 2.05) is 0 Å². The highest BCUT2D eigenvalue weighted by atomic mass is 13.9. The number of allylic oxidation sites excluding steroid dienone is 4. The summed E-state index contributed by atoms with van der Waals surface area (Å²) in [4.78, 5) is 0. The predicted molar refractivity (Wildman–Crippen MR) is 47.8 cm³/mol. The van der Waals surface area contributed by atoms with Crippen molar-refractivity contribution >= 4 is 0 Å². The van der Waals surface area contributed by atoms with Crippen LogP contribution in [0.25, 0.3) is 0 Å². The molecule has 0 fully saturated rings. The highest BCUT2D eigenvalue weighted by molar-refractivity contribution is 4.99. The lowest BCUT2D eigenvalue weighted by molar-refractivity contribution is 0.966. The van der Waals surface area contributed by atoms with Gasteiger partial charge in [-0.05, 0) is 40.0 Å². The first-order valence-corrected chi connectivity index (χ1v) is 3.87. The summed E-state index contributed by atoms with van der Waals surface area (Å²) in [7, 11) is 0. The molecule has 0 saturated heterocycles. The Hall–Kier alpha value is -0.520. The largest absolute Gasteiger partial charge is 0.0917 e. The summed E-state index contributed by atoms with van der Waals surface area (Å²) >= 11 is 0. The number of hydrogen-bond acceptors (Lipinski definition) is 0. The van der Waals surface area contributed by atoms with Crippen LogP contribution in [-0.2, 0) is 0 Å². The molecule has 0 N–H and O–H groups in total. The minimum Gasteiger partial charge on any atom is -0.0917 e. The molecule has 0 aromatic rings. The Kier molecular flexibility index (Phi) is 6.25. The van der Waals surface area contributed by atoms with E-state index in [2.05, 4.69) is 39.0 Å². The van der Waals surface area contributed by atoms with Gasteiger partial charge in [0.05, 0.1) is 0 Å². The van der Waals surface area contributed by atoms with Crippen molar-refractivity contribution in [3.05, 3.63) is 30.7 Å². The van der Waals surface area contributed by atoms with Gasteiger partial charge in [-0.2, -0.15) is 0 Å². The van der Waals surface area contributed by atoms with E-state index >= 15 is 0 Å². The molecular weight excluding hydrogens is 120 g/mol. The van der Waals surface area contributed by atoms with E-state index in [4.69, 9.17) is 0 Å². The summed E-state index contributed by atoms with van der Waals surface area (Å²) in [6.45, 7) is 7.98. The Morgan fingerprint density at radius 2 is 2.20 bits per heavy atom. The zero-order chi connectivity index (χ0) is 7.82. The third-order valence-corrected chi connectivity index (χ3v) is 1.43. The van der Waals surface area contributed by atoms with Crippen molar-refractivity contribution in [2.24, 2.45) is 0 Å². The molecule has 1 radical (unpaired) electrons. The molecule has 0 spiro atoms. The van der Waals surface area contributed by atoms with Crippen molar-refractivity contribution in [1.82, 2.24) is 0 Å². The van der Waals surface area contributed by atoms with Crippen LogP contribution in [0.15, 0.2) is 23.8 Å². The van der Waals surface area contributed by atoms with Gasteiger partial charge in [-0.1, -0.05) is 23.8 Å². The van der Waals surface area contributed by atoms with E-state index in [0.717, 1.165) is 6.42 Å². The topological polar surface area (TPSA) is 0 Å². The zero-order valence-corrected chi connectivity index (χ0v) is 7.06. The fourth-order valence-corrected chi connectivity index (χ4v) is 0.826. The normalized spacial score (nSPS) is 12.9. The van der Waals surface area contributed by atoms with E-state index in [9.17, 15) is 0 Å². The van der Waals surface area contributed by atoms with Crippen molar-refractivity contribution in [2.45, 2.75) is 33.1 Å². The predicted octanol–water partition coefficient (Wildman–Crippen LogP) is 3.51. The van der Waals surface area contributed by atoms with Gasteiger partial charge in [0.2, 0.25) is 0 Å². The summed E-state index contributed by atoms with van der Waals surface area (Å²) in [6.07, 6.45) is 9.74. The van der Waals surface area contributed by atoms with E-state index in [1.54, 1.807) is 0 Å². The lowest BCUT2D eigenvalue weighted by Crippen LogP contribution is -1.74. The second-order valence-corrected chi connectivity index (χ2v) is 2.45. The first-order valence-electron chi connectivity index (χ1n) is 3.87. The Labute approximate surface area is 64.6 Å². The van der Waals surface area contributed by atoms with Gasteiger partial charge < -0.3 is 0 Å². The molecule has 0 nitrogen and oxygen atoms in total. The highest BCUT2D eigenvalue weighted by Gasteiger charge is 1.84. The van der Waals surface area contributed by atoms with Crippen LogP contribution in [0.3, 0.4) is 0 Å². The molecule has 10 heavy (non-hydrogen) atoms. The fourth-order valence-electron chi connectivity index (χ4n) is 0.826. The average Bonchev–Trinajstić information content (AvgIpc) is 1.89. The Bertz CT molecular complexity index is 118. The van der Waals surface area contributed by atoms with E-state index < -0.39 is 0 Å². The van der Waals surface area contributed by atoms with Gasteiger partial charge in [0.25, 0.3) is 0 Å². The van der Waals surface area contributed by atoms with E-state index in [0.29, 0.717) is 0 Å². The SMILES string of the molecule is [CH2]CC=C(C)CCC=CC. The van der Waals surface area contributed by atoms with Gasteiger partial charge in [0.1, 0.15) is 0 Å². The third kappa shape index (κ3) is 5.61. The van der Waals surface area contributed by atoms with Crippen LogP contribution < -0.4 is 0 Å². The first kappa shape index (κ1) is 9.48. The summed E-state index contributed by atoms with van der Waals surface area (Å²) in [6, 6.07) is 0. The molecule has 0 aliphatic carbocycles. The molecule has 0 aliphatic rings. The van der Waals surface area contributed by atoms with Gasteiger partial charge in [-0.15, -0.1) is 0 Å². The summed E-state index contributed by atoms with van der Waals surface area (Å²) in [5.74, 6) is 0. The second kappa shape index (κ2) is 6.60. The minimum atomic E-state index is 0.918. The fraction of sp³-hybridized carbons (Fsp3) is 0.500. The Morgan fingerprint density at radius 3 is 2.70 bits per heavy atom. The van der Waals surface area contributed by atoms with Crippen LogP contribution in [0.4, 0.5) is 0 Å².